The van der Waals surface area contributed by atoms with Crippen LogP contribution in [0, 0.1) is 12.8 Å². The van der Waals surface area contributed by atoms with Crippen LogP contribution in [0.25, 0.3) is 0 Å². The molecule has 7 nitrogen and oxygen atoms in total. The monoisotopic (exact) mass is 329 g/mol. The summed E-state index contributed by atoms with van der Waals surface area (Å²) in [7, 11) is -1.89. The third-order valence-electron chi connectivity index (χ3n) is 4.80. The van der Waals surface area contributed by atoms with Crippen molar-refractivity contribution in [2.75, 3.05) is 19.8 Å². The van der Waals surface area contributed by atoms with Crippen molar-refractivity contribution in [1.29, 1.82) is 0 Å². The zero-order valence-corrected chi connectivity index (χ0v) is 13.8. The lowest BCUT2D eigenvalue weighted by Gasteiger charge is -2.38. The average molecular weight is 329 g/mol. The number of rotatable bonds is 3. The number of aryl methyl sites for hydroxylation is 2. The van der Waals surface area contributed by atoms with Crippen molar-refractivity contribution in [3.63, 3.8) is 0 Å². The van der Waals surface area contributed by atoms with Gasteiger partial charge in [0.2, 0.25) is 0 Å². The lowest BCUT2D eigenvalue weighted by Crippen LogP contribution is -2.53. The van der Waals surface area contributed by atoms with Crippen molar-refractivity contribution in [1.82, 2.24) is 13.9 Å². The Morgan fingerprint density at radius 2 is 2.18 bits per heavy atom. The van der Waals surface area contributed by atoms with Crippen LogP contribution in [0.1, 0.15) is 25.1 Å². The van der Waals surface area contributed by atoms with E-state index in [9.17, 15) is 13.5 Å². The molecular formula is C14H23N3O4S. The molecule has 0 radical (unpaired) electrons. The van der Waals surface area contributed by atoms with Crippen LogP contribution in [0.4, 0.5) is 0 Å². The fraction of sp³-hybridized carbons (Fsp3) is 0.786. The van der Waals surface area contributed by atoms with Gasteiger partial charge in [-0.2, -0.15) is 4.31 Å². The molecule has 1 aromatic rings. The molecule has 3 atom stereocenters. The van der Waals surface area contributed by atoms with Gasteiger partial charge in [-0.05, 0) is 19.8 Å². The summed E-state index contributed by atoms with van der Waals surface area (Å²) in [5.41, 5.74) is 0. The zero-order chi connectivity index (χ0) is 15.9. The number of hydrogen-bond acceptors (Lipinski definition) is 5. The summed E-state index contributed by atoms with van der Waals surface area (Å²) in [4.78, 5) is 4.17. The smallest absolute Gasteiger partial charge is 0.262 e. The van der Waals surface area contributed by atoms with Gasteiger partial charge in [-0.3, -0.25) is 0 Å². The van der Waals surface area contributed by atoms with Gasteiger partial charge < -0.3 is 14.4 Å². The predicted molar refractivity (Wildman–Crippen MR) is 79.8 cm³/mol. The van der Waals surface area contributed by atoms with Crippen LogP contribution in [-0.4, -0.2) is 59.3 Å². The largest absolute Gasteiger partial charge is 0.393 e. The summed E-state index contributed by atoms with van der Waals surface area (Å²) in [6.45, 7) is 2.81. The number of sulfonamides is 1. The Bertz CT molecular complexity index is 623. The van der Waals surface area contributed by atoms with E-state index in [0.29, 0.717) is 25.6 Å². The summed E-state index contributed by atoms with van der Waals surface area (Å²) < 4.78 is 34.6. The van der Waals surface area contributed by atoms with Crippen LogP contribution in [0.3, 0.4) is 0 Å². The van der Waals surface area contributed by atoms with Crippen molar-refractivity contribution in [2.45, 2.75) is 43.4 Å². The van der Waals surface area contributed by atoms with Crippen LogP contribution in [-0.2, 0) is 21.8 Å². The predicted octanol–water partition coefficient (Wildman–Crippen LogP) is 0.279. The molecular weight excluding hydrogens is 306 g/mol. The zero-order valence-electron chi connectivity index (χ0n) is 13.0. The highest BCUT2D eigenvalue weighted by atomic mass is 32.2. The Kier molecular flexibility index (Phi) is 4.28. The number of ether oxygens (including phenoxy) is 1. The Labute approximate surface area is 131 Å². The lowest BCUT2D eigenvalue weighted by atomic mass is 9.96. The maximum absolute atomic E-state index is 12.9. The summed E-state index contributed by atoms with van der Waals surface area (Å²) in [5, 5.41) is 10.2. The number of nitrogens with zero attached hydrogens (tertiary/aromatic N) is 3. The number of hydrogen-bond donors (Lipinski definition) is 1. The molecule has 1 N–H and O–H groups in total. The third-order valence-corrected chi connectivity index (χ3v) is 6.60. The molecule has 0 unspecified atom stereocenters. The average Bonchev–Trinajstić information content (AvgIpc) is 3.06. The van der Waals surface area contributed by atoms with Crippen molar-refractivity contribution < 1.29 is 18.3 Å². The van der Waals surface area contributed by atoms with Gasteiger partial charge in [-0.25, -0.2) is 13.4 Å². The second-order valence-electron chi connectivity index (χ2n) is 6.16. The Morgan fingerprint density at radius 1 is 1.41 bits per heavy atom. The third kappa shape index (κ3) is 2.68. The minimum atomic E-state index is -3.66. The molecule has 1 aliphatic heterocycles. The first kappa shape index (κ1) is 15.9. The molecule has 0 bridgehead atoms. The normalized spacial score (nSPS) is 30.8. The van der Waals surface area contributed by atoms with E-state index >= 15 is 0 Å². The molecule has 2 fully saturated rings. The molecule has 2 aliphatic rings. The summed E-state index contributed by atoms with van der Waals surface area (Å²) in [6, 6.07) is -0.307. The van der Waals surface area contributed by atoms with Crippen LogP contribution in [0.2, 0.25) is 0 Å². The van der Waals surface area contributed by atoms with E-state index < -0.39 is 16.1 Å². The molecule has 22 heavy (non-hydrogen) atoms. The van der Waals surface area contributed by atoms with Crippen LogP contribution in [0.15, 0.2) is 11.2 Å². The van der Waals surface area contributed by atoms with E-state index in [4.69, 9.17) is 4.74 Å². The highest BCUT2D eigenvalue weighted by Gasteiger charge is 2.43. The number of aliphatic hydroxyl groups is 1. The maximum atomic E-state index is 12.9. The maximum Gasteiger partial charge on any atom is 0.262 e. The molecule has 1 saturated heterocycles. The van der Waals surface area contributed by atoms with E-state index in [2.05, 4.69) is 4.98 Å². The summed E-state index contributed by atoms with van der Waals surface area (Å²) >= 11 is 0. The standard InChI is InChI=1S/C14H23N3O4S/c1-10-15-14(8-16(10)2)22(19,20)17-6-7-21-9-12(17)11-4-3-5-13(11)18/h8,11-13,18H,3-7,9H2,1-2H3/t11-,12-,13+/m1/s1. The molecule has 124 valence electrons. The molecule has 1 saturated carbocycles. The van der Waals surface area contributed by atoms with Gasteiger partial charge in [0.05, 0.1) is 25.4 Å². The van der Waals surface area contributed by atoms with Gasteiger partial charge in [-0.1, -0.05) is 6.42 Å². The van der Waals surface area contributed by atoms with Gasteiger partial charge in [-0.15, -0.1) is 0 Å². The molecule has 3 rings (SSSR count). The van der Waals surface area contributed by atoms with Crippen molar-refractivity contribution in [3.8, 4) is 0 Å². The van der Waals surface area contributed by atoms with E-state index in [0.717, 1.165) is 19.3 Å². The minimum Gasteiger partial charge on any atom is -0.393 e. The van der Waals surface area contributed by atoms with Gasteiger partial charge in [0.15, 0.2) is 5.03 Å². The highest BCUT2D eigenvalue weighted by molar-refractivity contribution is 7.89. The number of aliphatic hydroxyl groups excluding tert-OH is 1. The van der Waals surface area contributed by atoms with E-state index in [-0.39, 0.29) is 17.0 Å². The fourth-order valence-corrected chi connectivity index (χ4v) is 5.10. The van der Waals surface area contributed by atoms with Gasteiger partial charge in [0.1, 0.15) is 5.82 Å². The Balaban J connectivity index is 1.92. The SMILES string of the molecule is Cc1nc(S(=O)(=O)N2CCOC[C@@H]2[C@H]2CCC[C@@H]2O)cn1C. The minimum absolute atomic E-state index is 0.0557. The lowest BCUT2D eigenvalue weighted by molar-refractivity contribution is -0.0148. The second-order valence-corrected chi connectivity index (χ2v) is 7.99. The van der Waals surface area contributed by atoms with Gasteiger partial charge in [0, 0.05) is 25.7 Å². The molecule has 1 aliphatic carbocycles. The highest BCUT2D eigenvalue weighted by Crippen LogP contribution is 2.34. The molecule has 0 spiro atoms. The first-order valence-electron chi connectivity index (χ1n) is 7.69. The molecule has 1 aromatic heterocycles. The van der Waals surface area contributed by atoms with Crippen LogP contribution in [0.5, 0.6) is 0 Å². The molecule has 8 heteroatoms. The summed E-state index contributed by atoms with van der Waals surface area (Å²) in [5.74, 6) is 0.601. The Hall–Kier alpha value is -0.960. The number of morpholine rings is 1. The van der Waals surface area contributed by atoms with Crippen LogP contribution >= 0.6 is 0 Å². The molecule has 2 heterocycles. The Morgan fingerprint density at radius 3 is 2.77 bits per heavy atom. The van der Waals surface area contributed by atoms with Gasteiger partial charge in [0.25, 0.3) is 10.0 Å². The fourth-order valence-electron chi connectivity index (χ4n) is 3.43. The second kappa shape index (κ2) is 5.92. The topological polar surface area (TPSA) is 84.7 Å². The summed E-state index contributed by atoms with van der Waals surface area (Å²) in [6.07, 6.45) is 3.59. The van der Waals surface area contributed by atoms with Crippen molar-refractivity contribution in [3.05, 3.63) is 12.0 Å². The van der Waals surface area contributed by atoms with Crippen LogP contribution < -0.4 is 0 Å². The van der Waals surface area contributed by atoms with Crippen molar-refractivity contribution in [2.24, 2.45) is 13.0 Å². The van der Waals surface area contributed by atoms with Crippen molar-refractivity contribution >= 4 is 10.0 Å². The van der Waals surface area contributed by atoms with E-state index in [1.807, 2.05) is 0 Å². The van der Waals surface area contributed by atoms with E-state index in [1.165, 1.54) is 4.31 Å². The molecule has 0 aromatic carbocycles. The van der Waals surface area contributed by atoms with E-state index in [1.54, 1.807) is 24.7 Å². The number of imidazole rings is 1. The molecule has 0 amide bonds. The first-order chi connectivity index (χ1) is 10.4. The number of aromatic nitrogens is 2. The van der Waals surface area contributed by atoms with Gasteiger partial charge >= 0.3 is 0 Å². The first-order valence-corrected chi connectivity index (χ1v) is 9.13. The quantitative estimate of drug-likeness (QED) is 0.861.